The number of nitrogens with one attached hydrogen (secondary N) is 1. The molecule has 1 aromatic heterocycles. The summed E-state index contributed by atoms with van der Waals surface area (Å²) in [6.45, 7) is 9.49. The fraction of sp³-hybridized carbons (Fsp3) is 0.324. The monoisotopic (exact) mass is 552 g/mol. The summed E-state index contributed by atoms with van der Waals surface area (Å²) in [6.07, 6.45) is 4.16. The number of hydrogen-bond acceptors (Lipinski definition) is 5. The Hall–Kier alpha value is -4.07. The molecule has 0 spiro atoms. The van der Waals surface area contributed by atoms with Gasteiger partial charge in [-0.3, -0.25) is 9.59 Å². The van der Waals surface area contributed by atoms with Crippen molar-refractivity contribution in [1.82, 2.24) is 14.9 Å². The van der Waals surface area contributed by atoms with E-state index in [1.165, 1.54) is 29.2 Å². The topological polar surface area (TPSA) is 99.2 Å². The van der Waals surface area contributed by atoms with Gasteiger partial charge in [0, 0.05) is 6.20 Å². The highest BCUT2D eigenvalue weighted by Gasteiger charge is 2.29. The van der Waals surface area contributed by atoms with E-state index >= 15 is 0 Å². The van der Waals surface area contributed by atoms with Gasteiger partial charge >= 0.3 is 0 Å². The minimum Gasteiger partial charge on any atom is -0.374 e. The van der Waals surface area contributed by atoms with Crippen LogP contribution in [0.1, 0.15) is 69.0 Å². The van der Waals surface area contributed by atoms with Gasteiger partial charge < -0.3 is 20.4 Å². The quantitative estimate of drug-likeness (QED) is 0.247. The van der Waals surface area contributed by atoms with Crippen molar-refractivity contribution in [2.24, 2.45) is 5.73 Å². The number of benzene rings is 3. The third-order valence-corrected chi connectivity index (χ3v) is 7.09. The van der Waals surface area contributed by atoms with E-state index in [-0.39, 0.29) is 24.3 Å². The van der Waals surface area contributed by atoms with Gasteiger partial charge in [-0.05, 0) is 54.5 Å². The summed E-state index contributed by atoms with van der Waals surface area (Å²) < 4.78 is 7.73. The third kappa shape index (κ3) is 7.37. The first kappa shape index (κ1) is 29.9. The van der Waals surface area contributed by atoms with Gasteiger partial charge in [-0.2, -0.15) is 0 Å². The normalized spacial score (nSPS) is 13.1. The fourth-order valence-corrected chi connectivity index (χ4v) is 4.72. The Morgan fingerprint density at radius 1 is 0.951 bits per heavy atom. The molecule has 1 aliphatic carbocycles. The van der Waals surface area contributed by atoms with Crippen molar-refractivity contribution < 1.29 is 14.3 Å². The standard InChI is InChI=1S/C19H18N2.C15H22N2O3/c1-13(2)18-11-21(12-20-18)19-16-9-5-3-7-14(16)15-8-4-6-10-17(15)19;1-11(18)13(17-14(19)15(2,3)16)10-20-9-12-7-5-4-6-8-12/h3-13,19H,1-2H3;4-8,13H,9-10,16H2,1-3H3,(H,17,19)/t;13-/m.1/s1. The summed E-state index contributed by atoms with van der Waals surface area (Å²) >= 11 is 0. The number of hydrogen-bond donors (Lipinski definition) is 2. The lowest BCUT2D eigenvalue weighted by Crippen LogP contribution is -2.54. The Labute approximate surface area is 242 Å². The molecule has 3 N–H and O–H groups in total. The minimum atomic E-state index is -1.02. The van der Waals surface area contributed by atoms with E-state index in [4.69, 9.17) is 10.5 Å². The van der Waals surface area contributed by atoms with E-state index in [9.17, 15) is 9.59 Å². The molecule has 0 aliphatic heterocycles. The van der Waals surface area contributed by atoms with E-state index < -0.39 is 11.6 Å². The molecule has 1 amide bonds. The molecule has 0 radical (unpaired) electrons. The number of Topliss-reactive ketones (excluding diaryl/α,β-unsaturated/α-hetero) is 1. The summed E-state index contributed by atoms with van der Waals surface area (Å²) in [4.78, 5) is 27.9. The van der Waals surface area contributed by atoms with Crippen LogP contribution in [0.25, 0.3) is 11.1 Å². The second-order valence-electron chi connectivity index (χ2n) is 11.3. The molecule has 214 valence electrons. The van der Waals surface area contributed by atoms with Crippen molar-refractivity contribution in [3.63, 3.8) is 0 Å². The van der Waals surface area contributed by atoms with Gasteiger partial charge in [0.2, 0.25) is 5.91 Å². The number of nitrogens with zero attached hydrogens (tertiary/aromatic N) is 2. The van der Waals surface area contributed by atoms with Crippen molar-refractivity contribution in [3.8, 4) is 11.1 Å². The number of carbonyl (C=O) groups excluding carboxylic acids is 2. The maximum absolute atomic E-state index is 11.8. The molecular weight excluding hydrogens is 512 g/mol. The van der Waals surface area contributed by atoms with Crippen LogP contribution in [0.4, 0.5) is 0 Å². The van der Waals surface area contributed by atoms with Crippen LogP contribution in [0.2, 0.25) is 0 Å². The van der Waals surface area contributed by atoms with Gasteiger partial charge in [-0.1, -0.05) is 92.7 Å². The number of nitrogens with two attached hydrogens (primary N) is 1. The van der Waals surface area contributed by atoms with Crippen LogP contribution < -0.4 is 11.1 Å². The smallest absolute Gasteiger partial charge is 0.240 e. The van der Waals surface area contributed by atoms with E-state index in [0.717, 1.165) is 11.3 Å². The van der Waals surface area contributed by atoms with E-state index in [2.05, 4.69) is 83.4 Å². The Balaban J connectivity index is 0.000000189. The number of aromatic nitrogens is 2. The molecule has 0 saturated heterocycles. The predicted octanol–water partition coefficient (Wildman–Crippen LogP) is 5.64. The van der Waals surface area contributed by atoms with Crippen LogP contribution in [-0.4, -0.2) is 39.4 Å². The molecular formula is C34H40N4O3. The lowest BCUT2D eigenvalue weighted by Gasteiger charge is -2.22. The Kier molecular flexibility index (Phi) is 9.53. The number of rotatable bonds is 9. The van der Waals surface area contributed by atoms with Crippen LogP contribution >= 0.6 is 0 Å². The van der Waals surface area contributed by atoms with Crippen molar-refractivity contribution in [1.29, 1.82) is 0 Å². The number of ketones is 1. The second-order valence-corrected chi connectivity index (χ2v) is 11.3. The summed E-state index contributed by atoms with van der Waals surface area (Å²) in [6, 6.07) is 26.6. The molecule has 7 heteroatoms. The first-order valence-corrected chi connectivity index (χ1v) is 14.0. The lowest BCUT2D eigenvalue weighted by atomic mass is 10.1. The zero-order valence-corrected chi connectivity index (χ0v) is 24.5. The van der Waals surface area contributed by atoms with Gasteiger partial charge in [0.05, 0.1) is 36.8 Å². The summed E-state index contributed by atoms with van der Waals surface area (Å²) in [5.41, 5.74) is 12.3. The number of carbonyl (C=O) groups is 2. The largest absolute Gasteiger partial charge is 0.374 e. The number of fused-ring (bicyclic) bond motifs is 3. The highest BCUT2D eigenvalue weighted by atomic mass is 16.5. The molecule has 1 heterocycles. The average molecular weight is 553 g/mol. The van der Waals surface area contributed by atoms with Crippen molar-refractivity contribution in [3.05, 3.63) is 114 Å². The maximum atomic E-state index is 11.8. The zero-order chi connectivity index (χ0) is 29.6. The van der Waals surface area contributed by atoms with Crippen molar-refractivity contribution in [2.45, 2.75) is 64.8 Å². The van der Waals surface area contributed by atoms with Crippen molar-refractivity contribution in [2.75, 3.05) is 6.61 Å². The maximum Gasteiger partial charge on any atom is 0.240 e. The van der Waals surface area contributed by atoms with Crippen LogP contribution in [0.5, 0.6) is 0 Å². The minimum absolute atomic E-state index is 0.131. The highest BCUT2D eigenvalue weighted by Crippen LogP contribution is 2.45. The Morgan fingerprint density at radius 3 is 2.02 bits per heavy atom. The molecule has 4 aromatic rings. The molecule has 0 bridgehead atoms. The first-order valence-electron chi connectivity index (χ1n) is 14.0. The molecule has 0 saturated carbocycles. The predicted molar refractivity (Wildman–Crippen MR) is 162 cm³/mol. The number of imidazole rings is 1. The molecule has 7 nitrogen and oxygen atoms in total. The molecule has 41 heavy (non-hydrogen) atoms. The summed E-state index contributed by atoms with van der Waals surface area (Å²) in [7, 11) is 0. The van der Waals surface area contributed by atoms with Gasteiger partial charge in [-0.15, -0.1) is 0 Å². The van der Waals surface area contributed by atoms with Crippen LogP contribution in [0, 0.1) is 0 Å². The van der Waals surface area contributed by atoms with Crippen molar-refractivity contribution >= 4 is 11.7 Å². The highest BCUT2D eigenvalue weighted by molar-refractivity contribution is 5.91. The molecule has 3 aromatic carbocycles. The van der Waals surface area contributed by atoms with Crippen LogP contribution in [0.3, 0.4) is 0 Å². The molecule has 5 rings (SSSR count). The lowest BCUT2D eigenvalue weighted by molar-refractivity contribution is -0.131. The summed E-state index contributed by atoms with van der Waals surface area (Å²) in [5.74, 6) is -0.0742. The molecule has 1 aliphatic rings. The van der Waals surface area contributed by atoms with E-state index in [1.807, 2.05) is 36.7 Å². The second kappa shape index (κ2) is 13.1. The number of amides is 1. The zero-order valence-electron chi connectivity index (χ0n) is 24.5. The van der Waals surface area contributed by atoms with Gasteiger partial charge in [0.15, 0.2) is 5.78 Å². The van der Waals surface area contributed by atoms with Crippen LogP contribution in [-0.2, 0) is 20.9 Å². The third-order valence-electron chi connectivity index (χ3n) is 7.09. The first-order chi connectivity index (χ1) is 19.6. The SMILES string of the molecule is CC(=O)[C@@H](COCc1ccccc1)NC(=O)C(C)(C)N.CC(C)c1cn(C2c3ccccc3-c3ccccc32)cn1. The number of ether oxygens (including phenoxy) is 1. The van der Waals surface area contributed by atoms with E-state index in [0.29, 0.717) is 12.5 Å². The van der Waals surface area contributed by atoms with Crippen LogP contribution in [0.15, 0.2) is 91.4 Å². The average Bonchev–Trinajstić information content (AvgIpc) is 3.56. The Bertz CT molecular complexity index is 1430. The molecule has 0 unspecified atom stereocenters. The van der Waals surface area contributed by atoms with E-state index in [1.54, 1.807) is 13.8 Å². The van der Waals surface area contributed by atoms with Gasteiger partial charge in [0.1, 0.15) is 6.04 Å². The summed E-state index contributed by atoms with van der Waals surface area (Å²) in [5, 5.41) is 2.60. The fourth-order valence-electron chi connectivity index (χ4n) is 4.72. The molecule has 0 fully saturated rings. The van der Waals surface area contributed by atoms with Gasteiger partial charge in [0.25, 0.3) is 0 Å². The van der Waals surface area contributed by atoms with Gasteiger partial charge in [-0.25, -0.2) is 4.98 Å². The molecule has 1 atom stereocenters. The Morgan fingerprint density at radius 2 is 1.51 bits per heavy atom.